The molecule has 6 heteroatoms. The number of hydrogen-bond donors (Lipinski definition) is 1. The van der Waals surface area contributed by atoms with Crippen molar-refractivity contribution in [2.45, 2.75) is 12.8 Å². The normalized spacial score (nSPS) is 12.2. The number of esters is 1. The van der Waals surface area contributed by atoms with E-state index in [0.717, 1.165) is 0 Å². The summed E-state index contributed by atoms with van der Waals surface area (Å²) in [5, 5.41) is 9.80. The maximum absolute atomic E-state index is 10.7. The number of aromatic nitrogens is 1. The Balaban J connectivity index is 2.86. The van der Waals surface area contributed by atoms with Crippen LogP contribution < -0.4 is 0 Å². The summed E-state index contributed by atoms with van der Waals surface area (Å²) in [6.45, 7) is 1.10. The number of carbonyl (C=O) groups excluding carboxylic acids is 1. The molecular weight excluding hydrogens is 253 g/mol. The van der Waals surface area contributed by atoms with E-state index in [9.17, 15) is 9.90 Å². The molecule has 1 N–H and O–H groups in total. The predicted molar refractivity (Wildman–Crippen MR) is 60.7 cm³/mol. The number of nitrogens with zero attached hydrogens (tertiary/aromatic N) is 1. The fourth-order valence-electron chi connectivity index (χ4n) is 1.16. The molecule has 16 heavy (non-hydrogen) atoms. The number of aliphatic hydroxyl groups excluding tert-OH is 1. The highest BCUT2D eigenvalue weighted by atomic mass is 35.5. The first-order valence-corrected chi connectivity index (χ1v) is 5.36. The molecule has 0 fully saturated rings. The van der Waals surface area contributed by atoms with Crippen LogP contribution in [0.2, 0.25) is 10.0 Å². The highest BCUT2D eigenvalue weighted by Crippen LogP contribution is 2.29. The standard InChI is InChI=1S/C10H11Cl2NO3/c1-6(15)16-5-7(4-14)10-9(12)8(11)2-3-13-10/h2-3,7,14H,4-5H2,1H3/t7-/m0/s1. The number of aliphatic hydroxyl groups is 1. The summed E-state index contributed by atoms with van der Waals surface area (Å²) in [5.41, 5.74) is 0.429. The lowest BCUT2D eigenvalue weighted by Gasteiger charge is -2.14. The molecule has 0 aliphatic heterocycles. The van der Waals surface area contributed by atoms with E-state index in [1.807, 2.05) is 0 Å². The molecule has 1 aromatic rings. The van der Waals surface area contributed by atoms with Crippen molar-refractivity contribution < 1.29 is 14.6 Å². The summed E-state index contributed by atoms with van der Waals surface area (Å²) >= 11 is 11.8. The first-order chi connectivity index (χ1) is 7.56. The Morgan fingerprint density at radius 3 is 2.88 bits per heavy atom. The van der Waals surface area contributed by atoms with E-state index in [0.29, 0.717) is 10.7 Å². The first-order valence-electron chi connectivity index (χ1n) is 4.60. The van der Waals surface area contributed by atoms with E-state index in [1.165, 1.54) is 13.1 Å². The van der Waals surface area contributed by atoms with Crippen LogP contribution in [0.3, 0.4) is 0 Å². The molecule has 0 bridgehead atoms. The quantitative estimate of drug-likeness (QED) is 0.845. The Hall–Kier alpha value is -0.840. The van der Waals surface area contributed by atoms with Crippen molar-refractivity contribution in [3.05, 3.63) is 28.0 Å². The third kappa shape index (κ3) is 3.33. The largest absolute Gasteiger partial charge is 0.465 e. The maximum Gasteiger partial charge on any atom is 0.302 e. The van der Waals surface area contributed by atoms with Gasteiger partial charge in [-0.1, -0.05) is 23.2 Å². The van der Waals surface area contributed by atoms with Crippen molar-refractivity contribution in [1.29, 1.82) is 0 Å². The Morgan fingerprint density at radius 1 is 1.62 bits per heavy atom. The fourth-order valence-corrected chi connectivity index (χ4v) is 1.58. The van der Waals surface area contributed by atoms with E-state index in [1.54, 1.807) is 6.07 Å². The summed E-state index contributed by atoms with van der Waals surface area (Å²) < 4.78 is 4.80. The van der Waals surface area contributed by atoms with Crippen molar-refractivity contribution in [2.24, 2.45) is 0 Å². The molecule has 1 aromatic heterocycles. The molecule has 0 unspecified atom stereocenters. The SMILES string of the molecule is CC(=O)OC[C@H](CO)c1nccc(Cl)c1Cl. The molecule has 0 radical (unpaired) electrons. The fraction of sp³-hybridized carbons (Fsp3) is 0.400. The lowest BCUT2D eigenvalue weighted by molar-refractivity contribution is -0.141. The highest BCUT2D eigenvalue weighted by molar-refractivity contribution is 6.42. The van der Waals surface area contributed by atoms with Crippen molar-refractivity contribution >= 4 is 29.2 Å². The number of carbonyl (C=O) groups is 1. The van der Waals surface area contributed by atoms with Gasteiger partial charge in [0, 0.05) is 13.1 Å². The van der Waals surface area contributed by atoms with E-state index in [4.69, 9.17) is 27.9 Å². The van der Waals surface area contributed by atoms with Crippen molar-refractivity contribution in [1.82, 2.24) is 4.98 Å². The Bertz CT molecular complexity index is 384. The first kappa shape index (κ1) is 13.2. The average molecular weight is 264 g/mol. The van der Waals surface area contributed by atoms with Gasteiger partial charge in [0.2, 0.25) is 0 Å². The Labute approximate surface area is 103 Å². The molecule has 0 spiro atoms. The lowest BCUT2D eigenvalue weighted by Crippen LogP contribution is -2.16. The molecule has 4 nitrogen and oxygen atoms in total. The molecule has 88 valence electrons. The molecule has 0 aliphatic rings. The monoisotopic (exact) mass is 263 g/mol. The van der Waals surface area contributed by atoms with Crippen LogP contribution in [0.5, 0.6) is 0 Å². The molecule has 0 aliphatic carbocycles. The van der Waals surface area contributed by atoms with Gasteiger partial charge in [0.05, 0.1) is 28.3 Å². The van der Waals surface area contributed by atoms with Crippen LogP contribution in [0.1, 0.15) is 18.5 Å². The molecular formula is C10H11Cl2NO3. The van der Waals surface area contributed by atoms with Gasteiger partial charge in [-0.15, -0.1) is 0 Å². The highest BCUT2D eigenvalue weighted by Gasteiger charge is 2.18. The zero-order valence-electron chi connectivity index (χ0n) is 8.61. The Morgan fingerprint density at radius 2 is 2.31 bits per heavy atom. The summed E-state index contributed by atoms with van der Waals surface area (Å²) in [7, 11) is 0. The number of halogens is 2. The molecule has 1 heterocycles. The number of hydrogen-bond acceptors (Lipinski definition) is 4. The third-order valence-corrected chi connectivity index (χ3v) is 2.77. The summed E-state index contributed by atoms with van der Waals surface area (Å²) in [6.07, 6.45) is 1.49. The van der Waals surface area contributed by atoms with Crippen molar-refractivity contribution in [3.63, 3.8) is 0 Å². The zero-order valence-corrected chi connectivity index (χ0v) is 10.1. The van der Waals surface area contributed by atoms with Crippen LogP contribution >= 0.6 is 23.2 Å². The van der Waals surface area contributed by atoms with Crippen LogP contribution in [0.15, 0.2) is 12.3 Å². The Kier molecular flexibility index (Phi) is 4.99. The van der Waals surface area contributed by atoms with Crippen LogP contribution in [0.25, 0.3) is 0 Å². The lowest BCUT2D eigenvalue weighted by atomic mass is 10.1. The van der Waals surface area contributed by atoms with Crippen molar-refractivity contribution in [2.75, 3.05) is 13.2 Å². The smallest absolute Gasteiger partial charge is 0.302 e. The number of ether oxygens (including phenoxy) is 1. The third-order valence-electron chi connectivity index (χ3n) is 1.96. The second-order valence-electron chi connectivity index (χ2n) is 3.17. The minimum Gasteiger partial charge on any atom is -0.465 e. The van der Waals surface area contributed by atoms with E-state index in [2.05, 4.69) is 4.98 Å². The second-order valence-corrected chi connectivity index (χ2v) is 3.96. The minimum atomic E-state index is -0.463. The molecule has 0 saturated heterocycles. The van der Waals surface area contributed by atoms with Gasteiger partial charge in [-0.05, 0) is 6.07 Å². The van der Waals surface area contributed by atoms with Gasteiger partial charge in [0.15, 0.2) is 0 Å². The van der Waals surface area contributed by atoms with E-state index < -0.39 is 11.9 Å². The van der Waals surface area contributed by atoms with Gasteiger partial charge >= 0.3 is 5.97 Å². The molecule has 1 rings (SSSR count). The minimum absolute atomic E-state index is 0.0267. The molecule has 0 aromatic carbocycles. The summed E-state index contributed by atoms with van der Waals surface area (Å²) in [5.74, 6) is -0.883. The number of rotatable bonds is 4. The molecule has 0 amide bonds. The maximum atomic E-state index is 10.7. The van der Waals surface area contributed by atoms with Crippen molar-refractivity contribution in [3.8, 4) is 0 Å². The summed E-state index contributed by atoms with van der Waals surface area (Å²) in [6, 6.07) is 1.55. The van der Waals surface area contributed by atoms with E-state index in [-0.39, 0.29) is 18.2 Å². The van der Waals surface area contributed by atoms with E-state index >= 15 is 0 Å². The molecule has 0 saturated carbocycles. The van der Waals surface area contributed by atoms with Gasteiger partial charge in [-0.25, -0.2) is 0 Å². The zero-order chi connectivity index (χ0) is 12.1. The van der Waals surface area contributed by atoms with Crippen LogP contribution in [-0.4, -0.2) is 29.3 Å². The average Bonchev–Trinajstić information content (AvgIpc) is 2.24. The van der Waals surface area contributed by atoms with Crippen LogP contribution in [0.4, 0.5) is 0 Å². The van der Waals surface area contributed by atoms with Crippen LogP contribution in [0, 0.1) is 0 Å². The van der Waals surface area contributed by atoms with Gasteiger partial charge in [0.25, 0.3) is 0 Å². The van der Waals surface area contributed by atoms with Crippen LogP contribution in [-0.2, 0) is 9.53 Å². The number of pyridine rings is 1. The summed E-state index contributed by atoms with van der Waals surface area (Å²) in [4.78, 5) is 14.7. The van der Waals surface area contributed by atoms with Gasteiger partial charge in [0.1, 0.15) is 6.61 Å². The van der Waals surface area contributed by atoms with Gasteiger partial charge in [-0.2, -0.15) is 0 Å². The molecule has 1 atom stereocenters. The van der Waals surface area contributed by atoms with Gasteiger partial charge < -0.3 is 9.84 Å². The predicted octanol–water partition coefficient (Wildman–Crippen LogP) is 2.03. The van der Waals surface area contributed by atoms with Gasteiger partial charge in [-0.3, -0.25) is 9.78 Å². The second kappa shape index (κ2) is 6.03. The topological polar surface area (TPSA) is 59.4 Å².